The molecule has 3 aromatic heterocycles. The first-order valence-electron chi connectivity index (χ1n) is 6.89. The molecule has 0 aliphatic carbocycles. The molecule has 0 aromatic carbocycles. The van der Waals surface area contributed by atoms with E-state index in [1.165, 1.54) is 10.4 Å². The van der Waals surface area contributed by atoms with Gasteiger partial charge in [0, 0.05) is 35.9 Å². The van der Waals surface area contributed by atoms with Crippen molar-refractivity contribution in [3.8, 4) is 6.07 Å². The Hall–Kier alpha value is -2.09. The van der Waals surface area contributed by atoms with Gasteiger partial charge in [-0.25, -0.2) is 0 Å². The lowest BCUT2D eigenvalue weighted by molar-refractivity contribution is 0.321. The van der Waals surface area contributed by atoms with Crippen molar-refractivity contribution in [2.75, 3.05) is 7.05 Å². The topological polar surface area (TPSA) is 31.4 Å². The number of nitrogens with zero attached hydrogens (tertiary/aromatic N) is 3. The van der Waals surface area contributed by atoms with Crippen LogP contribution in [0, 0.1) is 18.3 Å². The molecule has 3 nitrogen and oxygen atoms in total. The summed E-state index contributed by atoms with van der Waals surface area (Å²) in [5.41, 5.74) is 4.19. The number of aryl methyl sites for hydroxylation is 1. The summed E-state index contributed by atoms with van der Waals surface area (Å²) in [6, 6.07) is 10.4. The van der Waals surface area contributed by atoms with E-state index >= 15 is 0 Å². The Morgan fingerprint density at radius 2 is 2.14 bits per heavy atom. The van der Waals surface area contributed by atoms with Crippen LogP contribution in [0.1, 0.15) is 21.6 Å². The van der Waals surface area contributed by atoms with E-state index in [1.54, 1.807) is 11.3 Å². The predicted octanol–water partition coefficient (Wildman–Crippen LogP) is 3.81. The third-order valence-electron chi connectivity index (χ3n) is 3.70. The predicted molar refractivity (Wildman–Crippen MR) is 86.3 cm³/mol. The Balaban J connectivity index is 1.84. The molecule has 0 radical (unpaired) electrons. The Morgan fingerprint density at radius 3 is 2.86 bits per heavy atom. The van der Waals surface area contributed by atoms with Crippen molar-refractivity contribution >= 4 is 16.9 Å². The molecule has 0 unspecified atom stereocenters. The molecule has 0 saturated carbocycles. The molecule has 0 bridgehead atoms. The minimum absolute atomic E-state index is 0.780. The normalized spacial score (nSPS) is 11.1. The second kappa shape index (κ2) is 5.72. The molecular formula is C17H17N3S. The maximum atomic E-state index is 9.44. The summed E-state index contributed by atoms with van der Waals surface area (Å²) in [5, 5.41) is 11.6. The van der Waals surface area contributed by atoms with Gasteiger partial charge in [0.2, 0.25) is 0 Å². The van der Waals surface area contributed by atoms with Crippen LogP contribution in [0.25, 0.3) is 5.52 Å². The molecule has 4 heteroatoms. The number of nitriles is 1. The molecule has 3 rings (SSSR count). The summed E-state index contributed by atoms with van der Waals surface area (Å²) < 4.78 is 2.03. The second-order valence-electron chi connectivity index (χ2n) is 5.33. The molecule has 0 aliphatic heterocycles. The molecule has 3 heterocycles. The molecule has 0 amide bonds. The van der Waals surface area contributed by atoms with E-state index < -0.39 is 0 Å². The zero-order valence-corrected chi connectivity index (χ0v) is 13.0. The van der Waals surface area contributed by atoms with Crippen LogP contribution in [-0.4, -0.2) is 16.3 Å². The molecule has 3 aromatic rings. The molecule has 0 fully saturated rings. The standard InChI is InChI=1S/C17H17N3S/c1-13-6-8-21-17(13)12-19(2)10-14-11-20-7-4-3-5-16(20)15(14)9-18/h3-8,11H,10,12H2,1-2H3. The van der Waals surface area contributed by atoms with Crippen molar-refractivity contribution in [3.05, 3.63) is 63.6 Å². The molecule has 106 valence electrons. The van der Waals surface area contributed by atoms with Crippen molar-refractivity contribution in [1.82, 2.24) is 9.30 Å². The minimum atomic E-state index is 0.780. The first-order valence-corrected chi connectivity index (χ1v) is 7.77. The Labute approximate surface area is 128 Å². The van der Waals surface area contributed by atoms with Crippen LogP contribution in [0.2, 0.25) is 0 Å². The monoisotopic (exact) mass is 295 g/mol. The zero-order valence-electron chi connectivity index (χ0n) is 12.2. The molecule has 0 saturated heterocycles. The fourth-order valence-corrected chi connectivity index (χ4v) is 3.57. The quantitative estimate of drug-likeness (QED) is 0.733. The van der Waals surface area contributed by atoms with E-state index in [2.05, 4.69) is 42.6 Å². The van der Waals surface area contributed by atoms with Crippen molar-refractivity contribution in [1.29, 1.82) is 5.26 Å². The Morgan fingerprint density at radius 1 is 1.29 bits per heavy atom. The van der Waals surface area contributed by atoms with Crippen LogP contribution in [-0.2, 0) is 13.1 Å². The van der Waals surface area contributed by atoms with Gasteiger partial charge in [0.05, 0.1) is 11.1 Å². The van der Waals surface area contributed by atoms with Crippen molar-refractivity contribution < 1.29 is 0 Å². The highest BCUT2D eigenvalue weighted by atomic mass is 32.1. The minimum Gasteiger partial charge on any atom is -0.322 e. The summed E-state index contributed by atoms with van der Waals surface area (Å²) in [6.07, 6.45) is 4.05. The lowest BCUT2D eigenvalue weighted by Gasteiger charge is -2.15. The van der Waals surface area contributed by atoms with Gasteiger partial charge < -0.3 is 4.40 Å². The lowest BCUT2D eigenvalue weighted by atomic mass is 10.1. The third-order valence-corrected chi connectivity index (χ3v) is 4.70. The van der Waals surface area contributed by atoms with Crippen molar-refractivity contribution in [2.45, 2.75) is 20.0 Å². The van der Waals surface area contributed by atoms with E-state index in [4.69, 9.17) is 0 Å². The number of pyridine rings is 1. The smallest absolute Gasteiger partial charge is 0.102 e. The highest BCUT2D eigenvalue weighted by Crippen LogP contribution is 2.22. The average molecular weight is 295 g/mol. The number of fused-ring (bicyclic) bond motifs is 1. The zero-order chi connectivity index (χ0) is 14.8. The maximum absolute atomic E-state index is 9.44. The van der Waals surface area contributed by atoms with E-state index in [-0.39, 0.29) is 0 Å². The van der Waals surface area contributed by atoms with E-state index in [9.17, 15) is 5.26 Å². The summed E-state index contributed by atoms with van der Waals surface area (Å²) in [7, 11) is 2.10. The summed E-state index contributed by atoms with van der Waals surface area (Å²) in [5.74, 6) is 0. The van der Waals surface area contributed by atoms with Crippen LogP contribution in [0.3, 0.4) is 0 Å². The molecule has 21 heavy (non-hydrogen) atoms. The van der Waals surface area contributed by atoms with Crippen LogP contribution >= 0.6 is 11.3 Å². The van der Waals surface area contributed by atoms with Gasteiger partial charge in [-0.1, -0.05) is 6.07 Å². The Kier molecular flexibility index (Phi) is 3.78. The van der Waals surface area contributed by atoms with Crippen molar-refractivity contribution in [3.63, 3.8) is 0 Å². The van der Waals surface area contributed by atoms with Gasteiger partial charge >= 0.3 is 0 Å². The number of rotatable bonds is 4. The highest BCUT2D eigenvalue weighted by molar-refractivity contribution is 7.10. The van der Waals surface area contributed by atoms with Crippen LogP contribution < -0.4 is 0 Å². The largest absolute Gasteiger partial charge is 0.322 e. The van der Waals surface area contributed by atoms with E-state index in [0.29, 0.717) is 0 Å². The van der Waals surface area contributed by atoms with Crippen LogP contribution in [0.15, 0.2) is 42.0 Å². The van der Waals surface area contributed by atoms with Gasteiger partial charge in [0.25, 0.3) is 0 Å². The molecular weight excluding hydrogens is 278 g/mol. The van der Waals surface area contributed by atoms with Gasteiger partial charge in [-0.05, 0) is 43.1 Å². The number of hydrogen-bond donors (Lipinski definition) is 0. The summed E-state index contributed by atoms with van der Waals surface area (Å²) in [6.45, 7) is 3.84. The first kappa shape index (κ1) is 13.9. The maximum Gasteiger partial charge on any atom is 0.102 e. The molecule has 0 aliphatic rings. The summed E-state index contributed by atoms with van der Waals surface area (Å²) >= 11 is 1.79. The highest BCUT2D eigenvalue weighted by Gasteiger charge is 2.12. The third kappa shape index (κ3) is 2.71. The van der Waals surface area contributed by atoms with E-state index in [0.717, 1.165) is 29.7 Å². The fourth-order valence-electron chi connectivity index (χ4n) is 2.58. The Bertz CT molecular complexity index is 807. The SMILES string of the molecule is Cc1ccsc1CN(C)Cc1cn2ccccc2c1C#N. The molecule has 0 N–H and O–H groups in total. The number of hydrogen-bond acceptors (Lipinski definition) is 3. The van der Waals surface area contributed by atoms with Crippen molar-refractivity contribution in [2.24, 2.45) is 0 Å². The molecule has 0 atom stereocenters. The van der Waals surface area contributed by atoms with Gasteiger partial charge in [-0.15, -0.1) is 11.3 Å². The number of thiophene rings is 1. The van der Waals surface area contributed by atoms with Crippen LogP contribution in [0.5, 0.6) is 0 Å². The van der Waals surface area contributed by atoms with Gasteiger partial charge in [-0.3, -0.25) is 4.90 Å². The van der Waals surface area contributed by atoms with E-state index in [1.807, 2.05) is 28.8 Å². The van der Waals surface area contributed by atoms with Gasteiger partial charge in [0.15, 0.2) is 0 Å². The number of aromatic nitrogens is 1. The molecule has 0 spiro atoms. The second-order valence-corrected chi connectivity index (χ2v) is 6.33. The van der Waals surface area contributed by atoms with Crippen LogP contribution in [0.4, 0.5) is 0 Å². The van der Waals surface area contributed by atoms with Gasteiger partial charge in [0.1, 0.15) is 6.07 Å². The van der Waals surface area contributed by atoms with Gasteiger partial charge in [-0.2, -0.15) is 5.26 Å². The first-order chi connectivity index (χ1) is 10.2. The summed E-state index contributed by atoms with van der Waals surface area (Å²) in [4.78, 5) is 3.65. The lowest BCUT2D eigenvalue weighted by Crippen LogP contribution is -2.17. The average Bonchev–Trinajstić information content (AvgIpc) is 3.02. The fraction of sp³-hybridized carbons (Fsp3) is 0.235.